The number of nitrogens with one attached hydrogen (secondary N) is 1. The molecule has 1 aliphatic heterocycles. The molecule has 10 heteroatoms. The summed E-state index contributed by atoms with van der Waals surface area (Å²) in [5.74, 6) is 0.548. The van der Waals surface area contributed by atoms with Crippen molar-refractivity contribution >= 4 is 29.0 Å². The highest BCUT2D eigenvalue weighted by Gasteiger charge is 2.20. The van der Waals surface area contributed by atoms with Crippen LogP contribution in [0.1, 0.15) is 30.7 Å². The zero-order chi connectivity index (χ0) is 23.2. The maximum absolute atomic E-state index is 12.6. The Labute approximate surface area is 196 Å². The van der Waals surface area contributed by atoms with E-state index in [4.69, 9.17) is 0 Å². The molecule has 9 nitrogen and oxygen atoms in total. The fourth-order valence-corrected chi connectivity index (χ4v) is 4.64. The van der Waals surface area contributed by atoms with Gasteiger partial charge in [-0.2, -0.15) is 0 Å². The summed E-state index contributed by atoms with van der Waals surface area (Å²) in [5.41, 5.74) is 1.76. The van der Waals surface area contributed by atoms with E-state index in [0.717, 1.165) is 30.2 Å². The third-order valence-electron chi connectivity index (χ3n) is 5.48. The Bertz CT molecular complexity index is 1130. The molecule has 33 heavy (non-hydrogen) atoms. The van der Waals surface area contributed by atoms with Gasteiger partial charge in [-0.3, -0.25) is 24.4 Å². The number of nitrogens with zero attached hydrogens (tertiary/aromatic N) is 5. The minimum atomic E-state index is -0.491. The van der Waals surface area contributed by atoms with Gasteiger partial charge >= 0.3 is 0 Å². The molecule has 4 rings (SSSR count). The maximum Gasteiger partial charge on any atom is 0.293 e. The van der Waals surface area contributed by atoms with E-state index in [-0.39, 0.29) is 23.0 Å². The number of hydrogen-bond acceptors (Lipinski definition) is 7. The monoisotopic (exact) mass is 466 g/mol. The number of hydrogen-bond donors (Lipinski definition) is 1. The van der Waals surface area contributed by atoms with Crippen molar-refractivity contribution in [1.29, 1.82) is 0 Å². The normalized spacial score (nSPS) is 14.2. The number of para-hydroxylation sites is 1. The molecule has 1 fully saturated rings. The number of benzene rings is 2. The molecule has 172 valence electrons. The summed E-state index contributed by atoms with van der Waals surface area (Å²) >= 11 is 1.26. The molecule has 0 atom stereocenters. The molecule has 1 N–H and O–H groups in total. The topological polar surface area (TPSA) is 106 Å². The standard InChI is InChI=1S/C23H26N6O3S/c1-17-10-11-19(20(14-17)29(31)32)24-22(30)16-33-23-26-25-21(15-27-12-6-3-7-13-27)28(23)18-8-4-2-5-9-18/h2,4-5,8-11,14H,3,6-7,12-13,15-16H2,1H3,(H,24,30). The molecule has 2 aromatic carbocycles. The van der Waals surface area contributed by atoms with E-state index in [9.17, 15) is 14.9 Å². The molecule has 0 spiro atoms. The Balaban J connectivity index is 1.50. The summed E-state index contributed by atoms with van der Waals surface area (Å²) in [4.78, 5) is 25.8. The second-order valence-electron chi connectivity index (χ2n) is 8.02. The first-order chi connectivity index (χ1) is 16.0. The lowest BCUT2D eigenvalue weighted by Crippen LogP contribution is -2.30. The second kappa shape index (κ2) is 10.6. The second-order valence-corrected chi connectivity index (χ2v) is 8.96. The van der Waals surface area contributed by atoms with Crippen LogP contribution in [0.3, 0.4) is 0 Å². The molecule has 0 aliphatic carbocycles. The van der Waals surface area contributed by atoms with Crippen molar-refractivity contribution in [2.45, 2.75) is 37.9 Å². The SMILES string of the molecule is Cc1ccc(NC(=O)CSc2nnc(CN3CCCCC3)n2-c2ccccc2)c([N+](=O)[O-])c1. The van der Waals surface area contributed by atoms with Crippen LogP contribution in [0.25, 0.3) is 5.69 Å². The zero-order valence-corrected chi connectivity index (χ0v) is 19.3. The molecule has 0 saturated carbocycles. The fourth-order valence-electron chi connectivity index (χ4n) is 3.86. The molecule has 3 aromatic rings. The van der Waals surface area contributed by atoms with Gasteiger partial charge in [0.05, 0.1) is 17.2 Å². The first kappa shape index (κ1) is 22.9. The van der Waals surface area contributed by atoms with Gasteiger partial charge < -0.3 is 5.32 Å². The van der Waals surface area contributed by atoms with Gasteiger partial charge in [0.25, 0.3) is 5.69 Å². The van der Waals surface area contributed by atoms with Gasteiger partial charge in [-0.1, -0.05) is 42.4 Å². The Kier molecular flexibility index (Phi) is 7.36. The molecule has 1 saturated heterocycles. The van der Waals surface area contributed by atoms with Crippen LogP contribution in [0.2, 0.25) is 0 Å². The maximum atomic E-state index is 12.6. The fraction of sp³-hybridized carbons (Fsp3) is 0.348. The Hall–Kier alpha value is -3.24. The van der Waals surface area contributed by atoms with Gasteiger partial charge in [-0.05, 0) is 56.6 Å². The van der Waals surface area contributed by atoms with Gasteiger partial charge in [0, 0.05) is 11.8 Å². The van der Waals surface area contributed by atoms with Crippen LogP contribution in [-0.2, 0) is 11.3 Å². The van der Waals surface area contributed by atoms with Crippen LogP contribution in [0, 0.1) is 17.0 Å². The summed E-state index contributed by atoms with van der Waals surface area (Å²) in [7, 11) is 0. The highest BCUT2D eigenvalue weighted by Crippen LogP contribution is 2.27. The quantitative estimate of drug-likeness (QED) is 0.301. The van der Waals surface area contributed by atoms with Crippen molar-refractivity contribution in [1.82, 2.24) is 19.7 Å². The van der Waals surface area contributed by atoms with Crippen LogP contribution >= 0.6 is 11.8 Å². The highest BCUT2D eigenvalue weighted by atomic mass is 32.2. The first-order valence-corrected chi connectivity index (χ1v) is 11.9. The number of carbonyl (C=O) groups excluding carboxylic acids is 1. The molecule has 1 aromatic heterocycles. The van der Waals surface area contributed by atoms with Crippen LogP contribution in [0.15, 0.2) is 53.7 Å². The number of amides is 1. The van der Waals surface area contributed by atoms with Crippen LogP contribution < -0.4 is 5.32 Å². The van der Waals surface area contributed by atoms with Crippen molar-refractivity contribution in [3.63, 3.8) is 0 Å². The number of rotatable bonds is 8. The van der Waals surface area contributed by atoms with E-state index in [1.807, 2.05) is 34.9 Å². The molecule has 0 bridgehead atoms. The van der Waals surface area contributed by atoms with Crippen molar-refractivity contribution < 1.29 is 9.72 Å². The van der Waals surface area contributed by atoms with Crippen LogP contribution in [0.5, 0.6) is 0 Å². The van der Waals surface area contributed by atoms with E-state index in [1.165, 1.54) is 37.1 Å². The van der Waals surface area contributed by atoms with Crippen LogP contribution in [-0.4, -0.2) is 49.3 Å². The van der Waals surface area contributed by atoms with Gasteiger partial charge in [0.1, 0.15) is 5.69 Å². The predicted octanol–water partition coefficient (Wildman–Crippen LogP) is 4.20. The number of thioether (sulfide) groups is 1. The molecule has 2 heterocycles. The average molecular weight is 467 g/mol. The summed E-state index contributed by atoms with van der Waals surface area (Å²) in [6, 6.07) is 14.6. The van der Waals surface area contributed by atoms with E-state index in [0.29, 0.717) is 11.7 Å². The predicted molar refractivity (Wildman–Crippen MR) is 128 cm³/mol. The molecular formula is C23H26N6O3S. The third-order valence-corrected chi connectivity index (χ3v) is 6.41. The number of carbonyl (C=O) groups is 1. The minimum absolute atomic E-state index is 0.0553. The van der Waals surface area contributed by atoms with Crippen molar-refractivity contribution in [2.24, 2.45) is 0 Å². The summed E-state index contributed by atoms with van der Waals surface area (Å²) < 4.78 is 1.99. The summed E-state index contributed by atoms with van der Waals surface area (Å²) in [5, 5.41) is 23.4. The zero-order valence-electron chi connectivity index (χ0n) is 18.4. The summed E-state index contributed by atoms with van der Waals surface area (Å²) in [6.07, 6.45) is 3.63. The van der Waals surface area contributed by atoms with Crippen molar-refractivity contribution in [3.8, 4) is 5.69 Å². The lowest BCUT2D eigenvalue weighted by Gasteiger charge is -2.26. The number of nitro benzene ring substituents is 1. The Morgan fingerprint density at radius 3 is 2.61 bits per heavy atom. The number of nitro groups is 1. The van der Waals surface area contributed by atoms with E-state index >= 15 is 0 Å². The van der Waals surface area contributed by atoms with Crippen molar-refractivity contribution in [3.05, 3.63) is 70.0 Å². The number of aryl methyl sites for hydroxylation is 1. The largest absolute Gasteiger partial charge is 0.320 e. The minimum Gasteiger partial charge on any atom is -0.320 e. The Morgan fingerprint density at radius 2 is 1.88 bits per heavy atom. The van der Waals surface area contributed by atoms with Gasteiger partial charge in [-0.25, -0.2) is 0 Å². The van der Waals surface area contributed by atoms with Gasteiger partial charge in [0.2, 0.25) is 5.91 Å². The molecular weight excluding hydrogens is 440 g/mol. The molecule has 1 aliphatic rings. The Morgan fingerprint density at radius 1 is 1.12 bits per heavy atom. The first-order valence-electron chi connectivity index (χ1n) is 10.9. The summed E-state index contributed by atoms with van der Waals surface area (Å²) in [6.45, 7) is 4.56. The number of likely N-dealkylation sites (tertiary alicyclic amines) is 1. The average Bonchev–Trinajstić information content (AvgIpc) is 3.22. The van der Waals surface area contributed by atoms with Crippen LogP contribution in [0.4, 0.5) is 11.4 Å². The van der Waals surface area contributed by atoms with E-state index in [1.54, 1.807) is 19.1 Å². The van der Waals surface area contributed by atoms with E-state index < -0.39 is 4.92 Å². The van der Waals surface area contributed by atoms with Gasteiger partial charge in [-0.15, -0.1) is 10.2 Å². The van der Waals surface area contributed by atoms with Gasteiger partial charge in [0.15, 0.2) is 11.0 Å². The van der Waals surface area contributed by atoms with E-state index in [2.05, 4.69) is 20.4 Å². The lowest BCUT2D eigenvalue weighted by atomic mass is 10.1. The number of aromatic nitrogens is 3. The highest BCUT2D eigenvalue weighted by molar-refractivity contribution is 7.99. The smallest absolute Gasteiger partial charge is 0.293 e. The molecule has 0 unspecified atom stereocenters. The molecule has 0 radical (unpaired) electrons. The number of anilines is 1. The third kappa shape index (κ3) is 5.77. The number of piperidine rings is 1. The van der Waals surface area contributed by atoms with Crippen molar-refractivity contribution in [2.75, 3.05) is 24.2 Å². The molecule has 1 amide bonds. The lowest BCUT2D eigenvalue weighted by molar-refractivity contribution is -0.384.